The van der Waals surface area contributed by atoms with E-state index in [1.807, 2.05) is 6.08 Å². The molecular formula is C23H32O. The van der Waals surface area contributed by atoms with Gasteiger partial charge >= 0.3 is 0 Å². The minimum absolute atomic E-state index is 0.315. The number of aldehydes is 1. The van der Waals surface area contributed by atoms with Crippen molar-refractivity contribution in [2.24, 2.45) is 17.3 Å². The molecule has 0 saturated heterocycles. The number of carbonyl (C=O) groups is 1. The van der Waals surface area contributed by atoms with E-state index in [2.05, 4.69) is 39.8 Å². The molecule has 130 valence electrons. The first-order valence-corrected chi connectivity index (χ1v) is 9.66. The average molecular weight is 325 g/mol. The number of rotatable bonds is 3. The quantitative estimate of drug-likeness (QED) is 0.438. The van der Waals surface area contributed by atoms with Crippen LogP contribution in [0.5, 0.6) is 0 Å². The Bertz CT molecular complexity index is 639. The molecule has 0 amide bonds. The molecule has 2 saturated carbocycles. The topological polar surface area (TPSA) is 17.1 Å². The molecule has 24 heavy (non-hydrogen) atoms. The second-order valence-electron chi connectivity index (χ2n) is 8.65. The molecule has 0 aromatic rings. The van der Waals surface area contributed by atoms with E-state index in [1.54, 1.807) is 16.7 Å². The average Bonchev–Trinajstić information content (AvgIpc) is 3.29. The van der Waals surface area contributed by atoms with Crippen LogP contribution in [-0.2, 0) is 4.79 Å². The van der Waals surface area contributed by atoms with Gasteiger partial charge in [-0.25, -0.2) is 0 Å². The van der Waals surface area contributed by atoms with Crippen LogP contribution in [0.25, 0.3) is 0 Å². The van der Waals surface area contributed by atoms with Crippen LogP contribution < -0.4 is 0 Å². The van der Waals surface area contributed by atoms with E-state index in [1.165, 1.54) is 49.7 Å². The Hall–Kier alpha value is -1.37. The van der Waals surface area contributed by atoms with Gasteiger partial charge in [-0.05, 0) is 87.7 Å². The fourth-order valence-corrected chi connectivity index (χ4v) is 4.95. The fraction of sp³-hybridized carbons (Fsp3) is 0.609. The number of fused-ring (bicyclic) bond motifs is 1. The summed E-state index contributed by atoms with van der Waals surface area (Å²) in [7, 11) is 0. The van der Waals surface area contributed by atoms with Gasteiger partial charge in [-0.15, -0.1) is 0 Å². The van der Waals surface area contributed by atoms with Crippen LogP contribution in [0.1, 0.15) is 72.6 Å². The molecule has 2 atom stereocenters. The standard InChI is InChI=1S/C23H32O/c1-16(10-11-22-17(2)7-6-13-23(22,3)4)19-9-5-8-18(12-14-24)20-15-21(19)20/h10-12,14,20-21H,5-9,13,15H2,1-4H3/b11-10+,18-12-,19-16+/t20-,21+/m0/s1. The minimum Gasteiger partial charge on any atom is -0.299 e. The number of allylic oxidation sites excluding steroid dienone is 8. The van der Waals surface area contributed by atoms with Crippen LogP contribution in [0.4, 0.5) is 0 Å². The molecule has 3 aliphatic carbocycles. The zero-order valence-corrected chi connectivity index (χ0v) is 15.8. The monoisotopic (exact) mass is 324 g/mol. The van der Waals surface area contributed by atoms with Crippen molar-refractivity contribution in [1.82, 2.24) is 0 Å². The van der Waals surface area contributed by atoms with E-state index < -0.39 is 0 Å². The van der Waals surface area contributed by atoms with Crippen LogP contribution in [0.2, 0.25) is 0 Å². The van der Waals surface area contributed by atoms with E-state index in [4.69, 9.17) is 0 Å². The van der Waals surface area contributed by atoms with Crippen LogP contribution >= 0.6 is 0 Å². The molecule has 1 heteroatoms. The zero-order chi connectivity index (χ0) is 17.3. The summed E-state index contributed by atoms with van der Waals surface area (Å²) in [4.78, 5) is 10.8. The van der Waals surface area contributed by atoms with Gasteiger partial charge in [0.25, 0.3) is 0 Å². The van der Waals surface area contributed by atoms with Gasteiger partial charge in [0.05, 0.1) is 0 Å². The van der Waals surface area contributed by atoms with E-state index in [9.17, 15) is 4.79 Å². The summed E-state index contributed by atoms with van der Waals surface area (Å²) in [6.07, 6.45) is 16.2. The third-order valence-corrected chi connectivity index (χ3v) is 6.46. The lowest BCUT2D eigenvalue weighted by Gasteiger charge is -2.33. The first-order chi connectivity index (χ1) is 11.4. The Kier molecular flexibility index (Phi) is 4.99. The molecule has 0 aliphatic heterocycles. The predicted molar refractivity (Wildman–Crippen MR) is 102 cm³/mol. The summed E-state index contributed by atoms with van der Waals surface area (Å²) >= 11 is 0. The molecule has 0 bridgehead atoms. The molecule has 0 spiro atoms. The summed E-state index contributed by atoms with van der Waals surface area (Å²) in [6, 6.07) is 0. The van der Waals surface area contributed by atoms with Gasteiger partial charge in [0, 0.05) is 0 Å². The fourth-order valence-electron chi connectivity index (χ4n) is 4.95. The van der Waals surface area contributed by atoms with Crippen molar-refractivity contribution < 1.29 is 4.79 Å². The zero-order valence-electron chi connectivity index (χ0n) is 15.8. The highest BCUT2D eigenvalue weighted by Gasteiger charge is 2.43. The van der Waals surface area contributed by atoms with Gasteiger partial charge in [-0.1, -0.05) is 48.3 Å². The highest BCUT2D eigenvalue weighted by atomic mass is 16.1. The lowest BCUT2D eigenvalue weighted by atomic mass is 9.72. The molecule has 2 fully saturated rings. The van der Waals surface area contributed by atoms with Gasteiger partial charge in [-0.2, -0.15) is 0 Å². The van der Waals surface area contributed by atoms with E-state index in [0.717, 1.165) is 12.7 Å². The highest BCUT2D eigenvalue weighted by Crippen LogP contribution is 2.54. The van der Waals surface area contributed by atoms with E-state index >= 15 is 0 Å². The van der Waals surface area contributed by atoms with Crippen molar-refractivity contribution in [2.45, 2.75) is 72.6 Å². The van der Waals surface area contributed by atoms with Crippen molar-refractivity contribution in [2.75, 3.05) is 0 Å². The molecule has 1 nitrogen and oxygen atoms in total. The second kappa shape index (κ2) is 6.86. The largest absolute Gasteiger partial charge is 0.299 e. The van der Waals surface area contributed by atoms with Gasteiger partial charge in [0.2, 0.25) is 0 Å². The van der Waals surface area contributed by atoms with Gasteiger partial charge in [0.15, 0.2) is 0 Å². The maximum atomic E-state index is 10.8. The first-order valence-electron chi connectivity index (χ1n) is 9.66. The maximum absolute atomic E-state index is 10.8. The van der Waals surface area contributed by atoms with Crippen molar-refractivity contribution in [3.8, 4) is 0 Å². The third-order valence-electron chi connectivity index (χ3n) is 6.46. The van der Waals surface area contributed by atoms with Gasteiger partial charge in [-0.3, -0.25) is 4.79 Å². The summed E-state index contributed by atoms with van der Waals surface area (Å²) < 4.78 is 0. The van der Waals surface area contributed by atoms with Crippen LogP contribution in [0.15, 0.2) is 46.1 Å². The maximum Gasteiger partial charge on any atom is 0.142 e. The molecule has 0 aromatic heterocycles. The second-order valence-corrected chi connectivity index (χ2v) is 8.65. The van der Waals surface area contributed by atoms with Gasteiger partial charge in [0.1, 0.15) is 6.29 Å². The molecule has 3 rings (SSSR count). The molecule has 3 aliphatic rings. The van der Waals surface area contributed by atoms with Crippen LogP contribution in [-0.4, -0.2) is 6.29 Å². The Morgan fingerprint density at radius 2 is 1.92 bits per heavy atom. The minimum atomic E-state index is 0.315. The molecule has 0 aromatic carbocycles. The molecule has 0 N–H and O–H groups in total. The normalized spacial score (nSPS) is 33.4. The summed E-state index contributed by atoms with van der Waals surface area (Å²) in [5.41, 5.74) is 7.95. The predicted octanol–water partition coefficient (Wildman–Crippen LogP) is 6.33. The Morgan fingerprint density at radius 3 is 2.62 bits per heavy atom. The van der Waals surface area contributed by atoms with Crippen molar-refractivity contribution in [1.29, 1.82) is 0 Å². The molecular weight excluding hydrogens is 292 g/mol. The molecule has 0 heterocycles. The lowest BCUT2D eigenvalue weighted by Crippen LogP contribution is -2.19. The Labute approximate surface area is 147 Å². The number of hydrogen-bond acceptors (Lipinski definition) is 1. The number of hydrogen-bond donors (Lipinski definition) is 0. The Morgan fingerprint density at radius 1 is 1.12 bits per heavy atom. The van der Waals surface area contributed by atoms with Crippen molar-refractivity contribution in [3.05, 3.63) is 46.1 Å². The lowest BCUT2D eigenvalue weighted by molar-refractivity contribution is -0.104. The summed E-state index contributed by atoms with van der Waals surface area (Å²) in [5.74, 6) is 1.36. The smallest absolute Gasteiger partial charge is 0.142 e. The van der Waals surface area contributed by atoms with Crippen molar-refractivity contribution >= 4 is 6.29 Å². The van der Waals surface area contributed by atoms with E-state index in [0.29, 0.717) is 17.3 Å². The Balaban J connectivity index is 1.81. The first kappa shape index (κ1) is 17.5. The third kappa shape index (κ3) is 3.50. The number of carbonyl (C=O) groups excluding carboxylic acids is 1. The van der Waals surface area contributed by atoms with Crippen LogP contribution in [0.3, 0.4) is 0 Å². The van der Waals surface area contributed by atoms with Crippen molar-refractivity contribution in [3.63, 3.8) is 0 Å². The van der Waals surface area contributed by atoms with Crippen LogP contribution in [0, 0.1) is 17.3 Å². The van der Waals surface area contributed by atoms with Gasteiger partial charge < -0.3 is 0 Å². The van der Waals surface area contributed by atoms with E-state index in [-0.39, 0.29) is 0 Å². The summed E-state index contributed by atoms with van der Waals surface area (Å²) in [6.45, 7) is 9.37. The molecule has 0 radical (unpaired) electrons. The highest BCUT2D eigenvalue weighted by molar-refractivity contribution is 5.66. The summed E-state index contributed by atoms with van der Waals surface area (Å²) in [5, 5.41) is 0. The molecule has 0 unspecified atom stereocenters. The SMILES string of the molecule is CC1=C(/C=C/C(C)=C2\CCC/C(=C/C=O)[C@@H]3C[C@H]23)C(C)(C)CCC1.